The second kappa shape index (κ2) is 10.1. The van der Waals surface area contributed by atoms with Crippen LogP contribution in [0.1, 0.15) is 74.4 Å². The number of amides is 3. The van der Waals surface area contributed by atoms with Crippen molar-refractivity contribution in [3.8, 4) is 5.75 Å². The number of aromatic hydroxyl groups is 1. The molecule has 5 rings (SSSR count). The van der Waals surface area contributed by atoms with Gasteiger partial charge in [-0.3, -0.25) is 14.4 Å². The summed E-state index contributed by atoms with van der Waals surface area (Å²) in [7, 11) is 1.69. The van der Waals surface area contributed by atoms with Crippen LogP contribution in [0.4, 0.5) is 0 Å². The molecule has 0 saturated carbocycles. The van der Waals surface area contributed by atoms with E-state index in [2.05, 4.69) is 28.1 Å². The van der Waals surface area contributed by atoms with E-state index in [9.17, 15) is 19.5 Å². The predicted octanol–water partition coefficient (Wildman–Crippen LogP) is 2.90. The summed E-state index contributed by atoms with van der Waals surface area (Å²) >= 11 is 0. The normalized spacial score (nSPS) is 26.4. The molecule has 5 atom stereocenters. The van der Waals surface area contributed by atoms with Gasteiger partial charge < -0.3 is 26.0 Å². The molecule has 8 nitrogen and oxygen atoms in total. The molecule has 2 aromatic rings. The number of likely N-dealkylation sites (N-methyl/N-ethyl adjacent to an activating group) is 1. The van der Waals surface area contributed by atoms with Crippen LogP contribution in [0.5, 0.6) is 5.75 Å². The summed E-state index contributed by atoms with van der Waals surface area (Å²) in [6, 6.07) is 10.9. The van der Waals surface area contributed by atoms with Gasteiger partial charge in [0.2, 0.25) is 17.7 Å². The van der Waals surface area contributed by atoms with Gasteiger partial charge in [-0.15, -0.1) is 0 Å². The molecular formula is C30H38N4O4. The van der Waals surface area contributed by atoms with E-state index < -0.39 is 23.5 Å². The van der Waals surface area contributed by atoms with Crippen LogP contribution in [-0.2, 0) is 27.2 Å². The van der Waals surface area contributed by atoms with Crippen LogP contribution in [0.2, 0.25) is 0 Å². The maximum absolute atomic E-state index is 14.2. The van der Waals surface area contributed by atoms with E-state index in [4.69, 9.17) is 0 Å². The molecule has 202 valence electrons. The lowest BCUT2D eigenvalue weighted by molar-refractivity contribution is -0.145. The van der Waals surface area contributed by atoms with E-state index >= 15 is 0 Å². The molecule has 3 amide bonds. The first kappa shape index (κ1) is 26.2. The minimum atomic E-state index is -0.814. The zero-order valence-corrected chi connectivity index (χ0v) is 22.6. The van der Waals surface area contributed by atoms with E-state index in [0.29, 0.717) is 12.8 Å². The Morgan fingerprint density at radius 1 is 1.05 bits per heavy atom. The van der Waals surface area contributed by atoms with E-state index in [1.54, 1.807) is 31.0 Å². The van der Waals surface area contributed by atoms with Gasteiger partial charge in [-0.1, -0.05) is 44.2 Å². The highest BCUT2D eigenvalue weighted by molar-refractivity contribution is 5.95. The summed E-state index contributed by atoms with van der Waals surface area (Å²) in [6.45, 7) is 5.78. The number of nitrogens with one attached hydrogen (secondary N) is 3. The minimum absolute atomic E-state index is 0.104. The molecule has 8 heteroatoms. The quantitative estimate of drug-likeness (QED) is 0.487. The van der Waals surface area contributed by atoms with Crippen molar-refractivity contribution in [3.63, 3.8) is 0 Å². The Kier molecular flexibility index (Phi) is 6.94. The summed E-state index contributed by atoms with van der Waals surface area (Å²) < 4.78 is 0. The largest absolute Gasteiger partial charge is 0.508 e. The van der Waals surface area contributed by atoms with Crippen LogP contribution < -0.4 is 16.0 Å². The molecule has 3 aliphatic rings. The lowest BCUT2D eigenvalue weighted by Crippen LogP contribution is -2.57. The number of rotatable bonds is 5. The Balaban J connectivity index is 1.51. The maximum atomic E-state index is 14.2. The van der Waals surface area contributed by atoms with Crippen LogP contribution in [0, 0.1) is 5.41 Å². The van der Waals surface area contributed by atoms with E-state index in [1.165, 1.54) is 5.56 Å². The fraction of sp³-hybridized carbons (Fsp3) is 0.500. The van der Waals surface area contributed by atoms with Crippen LogP contribution in [-0.4, -0.2) is 52.9 Å². The number of hydrogen-bond donors (Lipinski definition) is 4. The van der Waals surface area contributed by atoms with Crippen LogP contribution in [0.25, 0.3) is 0 Å². The highest BCUT2D eigenvalue weighted by Crippen LogP contribution is 2.50. The maximum Gasteiger partial charge on any atom is 0.246 e. The standard InChI is InChI=1S/C30H38N4O4/c1-17(31-4)27(36)33-24-14-19-12-13-20(35)15-22(19)25-16-30(2,3)26(34(25)29(24)38)28(37)32-23-11-7-9-18-8-5-6-10-21(18)23/h5-6,8,10,12-13,15,17,23-26,31,35H,7,9,11,14,16H2,1-4H3,(H,32,37)(H,33,36)/t17-,23+,24-,25+,26?/m0/s1. The summed E-state index contributed by atoms with van der Waals surface area (Å²) in [4.78, 5) is 42.7. The van der Waals surface area contributed by atoms with Crippen LogP contribution in [0.3, 0.4) is 0 Å². The van der Waals surface area contributed by atoms with Gasteiger partial charge in [0, 0.05) is 6.42 Å². The molecule has 1 saturated heterocycles. The summed E-state index contributed by atoms with van der Waals surface area (Å²) in [5, 5.41) is 19.5. The van der Waals surface area contributed by atoms with Crippen molar-refractivity contribution in [2.75, 3.05) is 7.05 Å². The Labute approximate surface area is 224 Å². The number of carbonyl (C=O) groups is 3. The van der Waals surface area contributed by atoms with Crippen molar-refractivity contribution in [1.29, 1.82) is 0 Å². The van der Waals surface area contributed by atoms with Crippen molar-refractivity contribution < 1.29 is 19.5 Å². The number of aryl methyl sites for hydroxylation is 1. The Morgan fingerprint density at radius 3 is 2.58 bits per heavy atom. The monoisotopic (exact) mass is 518 g/mol. The van der Waals surface area contributed by atoms with Gasteiger partial charge in [0.05, 0.1) is 18.1 Å². The number of hydrogen-bond acceptors (Lipinski definition) is 5. The lowest BCUT2D eigenvalue weighted by Gasteiger charge is -2.36. The number of fused-ring (bicyclic) bond motifs is 4. The Hall–Kier alpha value is -3.39. The third kappa shape index (κ3) is 4.66. The van der Waals surface area contributed by atoms with Gasteiger partial charge >= 0.3 is 0 Å². The Morgan fingerprint density at radius 2 is 1.82 bits per heavy atom. The zero-order valence-electron chi connectivity index (χ0n) is 22.6. The van der Waals surface area contributed by atoms with E-state index in [1.807, 2.05) is 32.0 Å². The van der Waals surface area contributed by atoms with Crippen molar-refractivity contribution >= 4 is 17.7 Å². The highest BCUT2D eigenvalue weighted by atomic mass is 16.3. The molecule has 0 aromatic heterocycles. The molecule has 4 N–H and O–H groups in total. The second-order valence-corrected chi connectivity index (χ2v) is 11.7. The van der Waals surface area contributed by atoms with Gasteiger partial charge in [0.1, 0.15) is 17.8 Å². The van der Waals surface area contributed by atoms with Gasteiger partial charge in [-0.2, -0.15) is 0 Å². The second-order valence-electron chi connectivity index (χ2n) is 11.7. The number of carbonyl (C=O) groups excluding carboxylic acids is 3. The molecule has 2 aromatic carbocycles. The van der Waals surface area contributed by atoms with Crippen LogP contribution >= 0.6 is 0 Å². The third-order valence-corrected chi connectivity index (χ3v) is 8.62. The third-order valence-electron chi connectivity index (χ3n) is 8.62. The topological polar surface area (TPSA) is 111 Å². The van der Waals surface area contributed by atoms with Crippen molar-refractivity contribution in [3.05, 3.63) is 64.7 Å². The number of nitrogens with zero attached hydrogens (tertiary/aromatic N) is 1. The summed E-state index contributed by atoms with van der Waals surface area (Å²) in [5.74, 6) is -0.600. The Bertz CT molecular complexity index is 1260. The van der Waals surface area contributed by atoms with Crippen molar-refractivity contribution in [1.82, 2.24) is 20.9 Å². The minimum Gasteiger partial charge on any atom is -0.508 e. The average molecular weight is 519 g/mol. The number of benzene rings is 2. The smallest absolute Gasteiger partial charge is 0.246 e. The first-order chi connectivity index (χ1) is 18.1. The summed E-state index contributed by atoms with van der Waals surface area (Å²) in [5.41, 5.74) is 3.60. The van der Waals surface area contributed by atoms with Crippen molar-refractivity contribution in [2.24, 2.45) is 5.41 Å². The molecule has 38 heavy (non-hydrogen) atoms. The summed E-state index contributed by atoms with van der Waals surface area (Å²) in [6.07, 6.45) is 3.71. The predicted molar refractivity (Wildman–Crippen MR) is 144 cm³/mol. The van der Waals surface area contributed by atoms with E-state index in [0.717, 1.165) is 36.0 Å². The fourth-order valence-corrected chi connectivity index (χ4v) is 6.55. The SMILES string of the molecule is CN[C@@H](C)C(=O)N[C@H]1Cc2ccc(O)cc2[C@H]2CC(C)(C)C(C(=O)N[C@@H]3CCCc4ccccc43)N2C1=O. The average Bonchev–Trinajstić information content (AvgIpc) is 3.14. The highest BCUT2D eigenvalue weighted by Gasteiger charge is 2.55. The van der Waals surface area contributed by atoms with Gasteiger partial charge in [-0.05, 0) is 79.5 Å². The molecule has 1 fully saturated rings. The van der Waals surface area contributed by atoms with Crippen molar-refractivity contribution in [2.45, 2.75) is 83.1 Å². The first-order valence-corrected chi connectivity index (χ1v) is 13.6. The zero-order chi connectivity index (χ0) is 27.2. The molecule has 0 radical (unpaired) electrons. The lowest BCUT2D eigenvalue weighted by atomic mass is 9.81. The van der Waals surface area contributed by atoms with Crippen LogP contribution in [0.15, 0.2) is 42.5 Å². The molecule has 0 spiro atoms. The van der Waals surface area contributed by atoms with E-state index in [-0.39, 0.29) is 35.6 Å². The van der Waals surface area contributed by atoms with Gasteiger partial charge in [0.15, 0.2) is 0 Å². The molecule has 0 bridgehead atoms. The van der Waals surface area contributed by atoms with Gasteiger partial charge in [-0.25, -0.2) is 0 Å². The fourth-order valence-electron chi connectivity index (χ4n) is 6.55. The molecular weight excluding hydrogens is 480 g/mol. The molecule has 2 heterocycles. The molecule has 1 aliphatic carbocycles. The first-order valence-electron chi connectivity index (χ1n) is 13.6. The number of phenolic OH excluding ortho intramolecular Hbond substituents is 1. The molecule has 1 unspecified atom stereocenters. The van der Waals surface area contributed by atoms with Gasteiger partial charge in [0.25, 0.3) is 0 Å². The number of phenols is 1. The molecule has 2 aliphatic heterocycles.